The van der Waals surface area contributed by atoms with Crippen molar-refractivity contribution in [1.82, 2.24) is 0 Å². The SMILES string of the molecule is Cc1cc(N)c2c(c1)C(C(Cl)(Cl)Cl)OC(C(Cl)(Cl)Cl)O2. The highest BCUT2D eigenvalue weighted by atomic mass is 35.6. The highest BCUT2D eigenvalue weighted by molar-refractivity contribution is 6.68. The number of fused-ring (bicyclic) bond motifs is 1. The molecule has 0 radical (unpaired) electrons. The minimum absolute atomic E-state index is 0.287. The Morgan fingerprint density at radius 3 is 2.15 bits per heavy atom. The lowest BCUT2D eigenvalue weighted by molar-refractivity contribution is -0.135. The fourth-order valence-electron chi connectivity index (χ4n) is 1.89. The molecule has 20 heavy (non-hydrogen) atoms. The molecule has 1 aromatic carbocycles. The van der Waals surface area contributed by atoms with Crippen LogP contribution < -0.4 is 10.5 Å². The quantitative estimate of drug-likeness (QED) is 0.488. The molecule has 0 spiro atoms. The molecule has 112 valence electrons. The second-order valence-electron chi connectivity index (χ2n) is 4.32. The van der Waals surface area contributed by atoms with E-state index in [2.05, 4.69) is 0 Å². The summed E-state index contributed by atoms with van der Waals surface area (Å²) in [6.45, 7) is 1.84. The zero-order valence-corrected chi connectivity index (χ0v) is 14.5. The molecule has 0 amide bonds. The first-order valence-corrected chi connectivity index (χ1v) is 7.62. The van der Waals surface area contributed by atoms with Crippen molar-refractivity contribution in [3.05, 3.63) is 23.3 Å². The predicted octanol–water partition coefficient (Wildman–Crippen LogP) is 5.09. The zero-order valence-electron chi connectivity index (χ0n) is 9.97. The number of halogens is 6. The second-order valence-corrected chi connectivity index (χ2v) is 9.06. The number of hydrogen-bond donors (Lipinski definition) is 1. The van der Waals surface area contributed by atoms with E-state index in [4.69, 9.17) is 84.8 Å². The average molecular weight is 400 g/mol. The molecular formula is C11H9Cl6NO2. The smallest absolute Gasteiger partial charge is 0.252 e. The maximum Gasteiger partial charge on any atom is 0.252 e. The van der Waals surface area contributed by atoms with Crippen molar-refractivity contribution in [3.8, 4) is 5.75 Å². The van der Waals surface area contributed by atoms with Gasteiger partial charge in [0.1, 0.15) is 6.10 Å². The molecule has 0 saturated heterocycles. The van der Waals surface area contributed by atoms with Crippen LogP contribution in [0.5, 0.6) is 5.75 Å². The van der Waals surface area contributed by atoms with Gasteiger partial charge in [-0.1, -0.05) is 69.6 Å². The van der Waals surface area contributed by atoms with Gasteiger partial charge in [0.05, 0.1) is 5.69 Å². The molecule has 0 aromatic heterocycles. The van der Waals surface area contributed by atoms with Crippen molar-refractivity contribution in [2.24, 2.45) is 0 Å². The van der Waals surface area contributed by atoms with Crippen LogP contribution in [-0.4, -0.2) is 13.9 Å². The maximum atomic E-state index is 5.94. The van der Waals surface area contributed by atoms with E-state index in [1.54, 1.807) is 12.1 Å². The molecule has 1 aromatic rings. The molecule has 1 aliphatic heterocycles. The number of alkyl halides is 6. The van der Waals surface area contributed by atoms with Gasteiger partial charge >= 0.3 is 0 Å². The molecule has 2 N–H and O–H groups in total. The Labute approximate surface area is 146 Å². The maximum absolute atomic E-state index is 5.94. The van der Waals surface area contributed by atoms with E-state index in [9.17, 15) is 0 Å². The highest BCUT2D eigenvalue weighted by Crippen LogP contribution is 2.52. The Kier molecular flexibility index (Phi) is 4.74. The van der Waals surface area contributed by atoms with E-state index >= 15 is 0 Å². The van der Waals surface area contributed by atoms with E-state index in [0.29, 0.717) is 11.3 Å². The van der Waals surface area contributed by atoms with Crippen molar-refractivity contribution < 1.29 is 9.47 Å². The van der Waals surface area contributed by atoms with Gasteiger partial charge in [-0.05, 0) is 24.6 Å². The van der Waals surface area contributed by atoms with Crippen molar-refractivity contribution in [3.63, 3.8) is 0 Å². The van der Waals surface area contributed by atoms with Crippen LogP contribution in [0.2, 0.25) is 0 Å². The normalized spacial score (nSPS) is 23.1. The summed E-state index contributed by atoms with van der Waals surface area (Å²) in [7, 11) is 0. The Balaban J connectivity index is 2.56. The lowest BCUT2D eigenvalue weighted by Crippen LogP contribution is -2.42. The van der Waals surface area contributed by atoms with Crippen LogP contribution in [0, 0.1) is 6.92 Å². The Morgan fingerprint density at radius 2 is 1.65 bits per heavy atom. The van der Waals surface area contributed by atoms with E-state index in [1.807, 2.05) is 6.92 Å². The van der Waals surface area contributed by atoms with Gasteiger partial charge in [-0.3, -0.25) is 0 Å². The van der Waals surface area contributed by atoms with Gasteiger partial charge in [-0.15, -0.1) is 0 Å². The van der Waals surface area contributed by atoms with Crippen LogP contribution in [0.1, 0.15) is 17.2 Å². The van der Waals surface area contributed by atoms with E-state index in [-0.39, 0.29) is 5.75 Å². The third-order valence-electron chi connectivity index (χ3n) is 2.62. The third-order valence-corrected chi connectivity index (χ3v) is 3.75. The van der Waals surface area contributed by atoms with E-state index in [0.717, 1.165) is 5.56 Å². The van der Waals surface area contributed by atoms with Gasteiger partial charge < -0.3 is 15.2 Å². The molecule has 0 aliphatic carbocycles. The standard InChI is InChI=1S/C11H9Cl6NO2/c1-4-2-5-7(6(18)3-4)19-9(11(15,16)17)20-8(5)10(12,13)14/h2-3,8-9H,18H2,1H3. The van der Waals surface area contributed by atoms with Crippen LogP contribution in [0.25, 0.3) is 0 Å². The first-order valence-electron chi connectivity index (χ1n) is 5.35. The van der Waals surface area contributed by atoms with Crippen LogP contribution in [0.15, 0.2) is 12.1 Å². The molecule has 0 saturated carbocycles. The summed E-state index contributed by atoms with van der Waals surface area (Å²) in [5, 5.41) is 0. The molecular weight excluding hydrogens is 391 g/mol. The van der Waals surface area contributed by atoms with Crippen LogP contribution in [-0.2, 0) is 4.74 Å². The van der Waals surface area contributed by atoms with Gasteiger partial charge in [0.2, 0.25) is 10.1 Å². The molecule has 2 atom stereocenters. The molecule has 1 aliphatic rings. The number of nitrogens with two attached hydrogens (primary N) is 1. The molecule has 9 heteroatoms. The van der Waals surface area contributed by atoms with Gasteiger partial charge in [0.25, 0.3) is 3.79 Å². The monoisotopic (exact) mass is 397 g/mol. The third kappa shape index (κ3) is 3.46. The average Bonchev–Trinajstić information content (AvgIpc) is 2.24. The van der Waals surface area contributed by atoms with Crippen molar-refractivity contribution in [2.75, 3.05) is 5.73 Å². The Morgan fingerprint density at radius 1 is 1.05 bits per heavy atom. The molecule has 3 nitrogen and oxygen atoms in total. The number of ether oxygens (including phenoxy) is 2. The van der Waals surface area contributed by atoms with Gasteiger partial charge in [0.15, 0.2) is 5.75 Å². The minimum Gasteiger partial charge on any atom is -0.458 e. The number of anilines is 1. The van der Waals surface area contributed by atoms with Crippen molar-refractivity contribution >= 4 is 75.3 Å². The molecule has 0 bridgehead atoms. The second kappa shape index (κ2) is 5.62. The zero-order chi connectivity index (χ0) is 15.3. The summed E-state index contributed by atoms with van der Waals surface area (Å²) in [6.07, 6.45) is -2.22. The van der Waals surface area contributed by atoms with E-state index < -0.39 is 20.0 Å². The number of nitrogen functional groups attached to an aromatic ring is 1. The minimum atomic E-state index is -1.86. The van der Waals surface area contributed by atoms with Gasteiger partial charge in [-0.25, -0.2) is 0 Å². The van der Waals surface area contributed by atoms with Crippen LogP contribution in [0.4, 0.5) is 5.69 Å². The van der Waals surface area contributed by atoms with Crippen molar-refractivity contribution in [2.45, 2.75) is 26.9 Å². The first kappa shape index (κ1) is 16.9. The van der Waals surface area contributed by atoms with Crippen LogP contribution >= 0.6 is 69.6 Å². The predicted molar refractivity (Wildman–Crippen MR) is 84.4 cm³/mol. The summed E-state index contributed by atoms with van der Waals surface area (Å²) in [4.78, 5) is 0. The largest absolute Gasteiger partial charge is 0.458 e. The number of aryl methyl sites for hydroxylation is 1. The summed E-state index contributed by atoms with van der Waals surface area (Å²) in [5.41, 5.74) is 7.62. The molecule has 2 rings (SSSR count). The fraction of sp³-hybridized carbons (Fsp3) is 0.455. The summed E-state index contributed by atoms with van der Waals surface area (Å²) < 4.78 is 7.34. The Hall–Kier alpha value is 0.520. The molecule has 2 unspecified atom stereocenters. The molecule has 1 heterocycles. The fourth-order valence-corrected chi connectivity index (χ4v) is 2.68. The number of hydrogen-bond acceptors (Lipinski definition) is 3. The van der Waals surface area contributed by atoms with E-state index in [1.165, 1.54) is 0 Å². The topological polar surface area (TPSA) is 44.5 Å². The van der Waals surface area contributed by atoms with Gasteiger partial charge in [-0.2, -0.15) is 0 Å². The number of benzene rings is 1. The summed E-state index contributed by atoms with van der Waals surface area (Å²) >= 11 is 35.2. The lowest BCUT2D eigenvalue weighted by atomic mass is 10.0. The molecule has 0 fully saturated rings. The first-order chi connectivity index (χ1) is 9.00. The Bertz CT molecular complexity index is 525. The van der Waals surface area contributed by atoms with Crippen molar-refractivity contribution in [1.29, 1.82) is 0 Å². The lowest BCUT2D eigenvalue weighted by Gasteiger charge is -2.38. The highest BCUT2D eigenvalue weighted by Gasteiger charge is 2.48. The van der Waals surface area contributed by atoms with Gasteiger partial charge in [0, 0.05) is 5.56 Å². The van der Waals surface area contributed by atoms with Crippen LogP contribution in [0.3, 0.4) is 0 Å². The summed E-state index contributed by atoms with van der Waals surface area (Å²) in [5.74, 6) is 0.287. The number of rotatable bonds is 0. The summed E-state index contributed by atoms with van der Waals surface area (Å²) in [6, 6.07) is 3.45.